The molecule has 0 aromatic carbocycles. The molecule has 0 fully saturated rings. The zero-order valence-corrected chi connectivity index (χ0v) is 11.4. The largest absolute Gasteiger partial charge is 0.354 e. The van der Waals surface area contributed by atoms with Gasteiger partial charge in [-0.1, -0.05) is 6.07 Å². The number of nitrogens with zero attached hydrogens (tertiary/aromatic N) is 4. The van der Waals surface area contributed by atoms with Crippen molar-refractivity contribution in [3.05, 3.63) is 42.4 Å². The Morgan fingerprint density at radius 2 is 2.00 bits per heavy atom. The van der Waals surface area contributed by atoms with Gasteiger partial charge in [-0.15, -0.1) is 0 Å². The van der Waals surface area contributed by atoms with Gasteiger partial charge in [-0.05, 0) is 32.0 Å². The summed E-state index contributed by atoms with van der Waals surface area (Å²) in [6.45, 7) is 6.58. The van der Waals surface area contributed by atoms with Gasteiger partial charge in [0, 0.05) is 25.5 Å². The van der Waals surface area contributed by atoms with Crippen LogP contribution in [0.15, 0.2) is 36.7 Å². The van der Waals surface area contributed by atoms with Crippen molar-refractivity contribution in [2.45, 2.75) is 20.4 Å². The van der Waals surface area contributed by atoms with Crippen molar-refractivity contribution < 1.29 is 0 Å². The minimum atomic E-state index is 0.666. The molecule has 0 radical (unpaired) electrons. The molecule has 0 amide bonds. The number of anilines is 2. The maximum Gasteiger partial charge on any atom is 0.224 e. The van der Waals surface area contributed by atoms with Gasteiger partial charge in [-0.3, -0.25) is 4.98 Å². The summed E-state index contributed by atoms with van der Waals surface area (Å²) >= 11 is 0. The molecule has 0 unspecified atom stereocenters. The Morgan fingerprint density at radius 3 is 2.68 bits per heavy atom. The van der Waals surface area contributed by atoms with Crippen LogP contribution < -0.4 is 10.2 Å². The summed E-state index contributed by atoms with van der Waals surface area (Å²) in [6.07, 6.45) is 3.59. The van der Waals surface area contributed by atoms with Crippen LogP contribution in [0.5, 0.6) is 0 Å². The summed E-state index contributed by atoms with van der Waals surface area (Å²) < 4.78 is 0. The molecule has 0 aliphatic carbocycles. The zero-order chi connectivity index (χ0) is 13.5. The molecule has 0 saturated carbocycles. The number of nitrogens with one attached hydrogen (secondary N) is 1. The number of pyridine rings is 1. The van der Waals surface area contributed by atoms with Gasteiger partial charge in [0.1, 0.15) is 5.82 Å². The lowest BCUT2D eigenvalue weighted by Crippen LogP contribution is -2.24. The second kappa shape index (κ2) is 6.68. The predicted octanol–water partition coefficient (Wildman–Crippen LogP) is 2.33. The maximum absolute atomic E-state index is 4.51. The Hall–Kier alpha value is -2.17. The van der Waals surface area contributed by atoms with Gasteiger partial charge < -0.3 is 10.2 Å². The van der Waals surface area contributed by atoms with E-state index in [0.717, 1.165) is 31.1 Å². The molecule has 0 atom stereocenters. The normalized spacial score (nSPS) is 10.2. The second-order valence-corrected chi connectivity index (χ2v) is 4.10. The lowest BCUT2D eigenvalue weighted by atomic mass is 10.3. The molecule has 19 heavy (non-hydrogen) atoms. The van der Waals surface area contributed by atoms with E-state index in [1.807, 2.05) is 37.4 Å². The van der Waals surface area contributed by atoms with Crippen molar-refractivity contribution in [2.24, 2.45) is 0 Å². The first-order valence-electron chi connectivity index (χ1n) is 6.55. The highest BCUT2D eigenvalue weighted by Crippen LogP contribution is 2.14. The minimum absolute atomic E-state index is 0.666. The van der Waals surface area contributed by atoms with E-state index in [1.54, 1.807) is 6.20 Å². The van der Waals surface area contributed by atoms with Crippen molar-refractivity contribution in [3.8, 4) is 0 Å². The molecule has 1 N–H and O–H groups in total. The molecule has 0 aliphatic rings. The van der Waals surface area contributed by atoms with E-state index in [-0.39, 0.29) is 0 Å². The summed E-state index contributed by atoms with van der Waals surface area (Å²) in [6, 6.07) is 7.87. The molecule has 100 valence electrons. The van der Waals surface area contributed by atoms with Crippen LogP contribution in [-0.4, -0.2) is 28.0 Å². The van der Waals surface area contributed by atoms with Crippen LogP contribution in [0.3, 0.4) is 0 Å². The van der Waals surface area contributed by atoms with Crippen LogP contribution in [0.2, 0.25) is 0 Å². The van der Waals surface area contributed by atoms with Crippen LogP contribution in [0.1, 0.15) is 19.5 Å². The average molecular weight is 257 g/mol. The number of hydrogen-bond donors (Lipinski definition) is 1. The highest BCUT2D eigenvalue weighted by molar-refractivity contribution is 5.42. The summed E-state index contributed by atoms with van der Waals surface area (Å²) in [5, 5.41) is 3.13. The van der Waals surface area contributed by atoms with E-state index < -0.39 is 0 Å². The standard InChI is InChI=1S/C14H19N5/c1-3-15-14-17-10-8-13(18-14)19(4-2)11-12-7-5-6-9-16-12/h5-10H,3-4,11H2,1-2H3,(H,15,17,18). The number of aromatic nitrogens is 3. The van der Waals surface area contributed by atoms with Gasteiger partial charge >= 0.3 is 0 Å². The van der Waals surface area contributed by atoms with Crippen LogP contribution in [-0.2, 0) is 6.54 Å². The molecule has 2 aromatic heterocycles. The van der Waals surface area contributed by atoms with E-state index in [9.17, 15) is 0 Å². The third-order valence-electron chi connectivity index (χ3n) is 2.76. The Bertz CT molecular complexity index is 500. The quantitative estimate of drug-likeness (QED) is 0.860. The molecule has 0 spiro atoms. The predicted molar refractivity (Wildman–Crippen MR) is 77.2 cm³/mol. The number of hydrogen-bond acceptors (Lipinski definition) is 5. The van der Waals surface area contributed by atoms with Crippen LogP contribution in [0.4, 0.5) is 11.8 Å². The molecule has 0 bridgehead atoms. The molecule has 2 aromatic rings. The first-order chi connectivity index (χ1) is 9.33. The fourth-order valence-corrected chi connectivity index (χ4v) is 1.81. The maximum atomic E-state index is 4.51. The van der Waals surface area contributed by atoms with E-state index >= 15 is 0 Å². The molecule has 5 heteroatoms. The Kier molecular flexibility index (Phi) is 4.66. The average Bonchev–Trinajstić information content (AvgIpc) is 2.46. The molecule has 0 saturated heterocycles. The molecule has 5 nitrogen and oxygen atoms in total. The lowest BCUT2D eigenvalue weighted by molar-refractivity contribution is 0.791. The second-order valence-electron chi connectivity index (χ2n) is 4.10. The Balaban J connectivity index is 2.15. The van der Waals surface area contributed by atoms with Crippen LogP contribution >= 0.6 is 0 Å². The Labute approximate surface area is 113 Å². The smallest absolute Gasteiger partial charge is 0.224 e. The van der Waals surface area contributed by atoms with E-state index in [2.05, 4.69) is 32.1 Å². The van der Waals surface area contributed by atoms with Crippen molar-refractivity contribution in [3.63, 3.8) is 0 Å². The van der Waals surface area contributed by atoms with Crippen molar-refractivity contribution in [1.29, 1.82) is 0 Å². The SMILES string of the molecule is CCNc1nccc(N(CC)Cc2ccccn2)n1. The van der Waals surface area contributed by atoms with E-state index in [4.69, 9.17) is 0 Å². The van der Waals surface area contributed by atoms with E-state index in [0.29, 0.717) is 5.95 Å². The van der Waals surface area contributed by atoms with Gasteiger partial charge in [-0.2, -0.15) is 4.98 Å². The monoisotopic (exact) mass is 257 g/mol. The van der Waals surface area contributed by atoms with Crippen LogP contribution in [0.25, 0.3) is 0 Å². The molecule has 0 aliphatic heterocycles. The first-order valence-corrected chi connectivity index (χ1v) is 6.55. The molecular weight excluding hydrogens is 238 g/mol. The summed E-state index contributed by atoms with van der Waals surface area (Å²) in [5.41, 5.74) is 1.04. The molecule has 2 heterocycles. The summed E-state index contributed by atoms with van der Waals surface area (Å²) in [7, 11) is 0. The fraction of sp³-hybridized carbons (Fsp3) is 0.357. The van der Waals surface area contributed by atoms with Gasteiger partial charge in [0.15, 0.2) is 0 Å². The molecular formula is C14H19N5. The van der Waals surface area contributed by atoms with Gasteiger partial charge in [0.05, 0.1) is 12.2 Å². The minimum Gasteiger partial charge on any atom is -0.354 e. The highest BCUT2D eigenvalue weighted by atomic mass is 15.2. The fourth-order valence-electron chi connectivity index (χ4n) is 1.81. The van der Waals surface area contributed by atoms with Crippen molar-refractivity contribution >= 4 is 11.8 Å². The zero-order valence-electron chi connectivity index (χ0n) is 11.4. The molecule has 2 rings (SSSR count). The summed E-state index contributed by atoms with van der Waals surface area (Å²) in [4.78, 5) is 15.2. The van der Waals surface area contributed by atoms with Gasteiger partial charge in [-0.25, -0.2) is 4.98 Å². The van der Waals surface area contributed by atoms with Crippen LogP contribution in [0, 0.1) is 0 Å². The van der Waals surface area contributed by atoms with Gasteiger partial charge in [0.25, 0.3) is 0 Å². The third-order valence-corrected chi connectivity index (χ3v) is 2.76. The summed E-state index contributed by atoms with van der Waals surface area (Å²) in [5.74, 6) is 1.58. The van der Waals surface area contributed by atoms with Crippen molar-refractivity contribution in [2.75, 3.05) is 23.3 Å². The number of rotatable bonds is 6. The topological polar surface area (TPSA) is 53.9 Å². The third kappa shape index (κ3) is 3.64. The van der Waals surface area contributed by atoms with Gasteiger partial charge in [0.2, 0.25) is 5.95 Å². The first kappa shape index (κ1) is 13.3. The Morgan fingerprint density at radius 1 is 1.11 bits per heavy atom. The highest BCUT2D eigenvalue weighted by Gasteiger charge is 2.08. The lowest BCUT2D eigenvalue weighted by Gasteiger charge is -2.21. The van der Waals surface area contributed by atoms with E-state index in [1.165, 1.54) is 0 Å². The van der Waals surface area contributed by atoms with Crippen molar-refractivity contribution in [1.82, 2.24) is 15.0 Å².